The van der Waals surface area contributed by atoms with Crippen molar-refractivity contribution in [3.8, 4) is 11.5 Å². The Morgan fingerprint density at radius 1 is 1.11 bits per heavy atom. The number of hydrogen-bond donors (Lipinski definition) is 2. The molecule has 0 aliphatic heterocycles. The third-order valence-electron chi connectivity index (χ3n) is 5.99. The van der Waals surface area contributed by atoms with Crippen molar-refractivity contribution in [2.75, 3.05) is 14.2 Å². The number of aromatic nitrogens is 2. The maximum Gasteiger partial charge on any atom is 0.261 e. The van der Waals surface area contributed by atoms with Gasteiger partial charge in [0.15, 0.2) is 11.5 Å². The summed E-state index contributed by atoms with van der Waals surface area (Å²) in [7, 11) is 3.03. The molecule has 3 aromatic rings. The molecule has 1 fully saturated rings. The molecule has 184 valence electrons. The summed E-state index contributed by atoms with van der Waals surface area (Å²) >= 11 is 0. The van der Waals surface area contributed by atoms with Gasteiger partial charge in [-0.3, -0.25) is 19.0 Å². The van der Waals surface area contributed by atoms with Crippen LogP contribution in [0, 0.1) is 0 Å². The van der Waals surface area contributed by atoms with Crippen LogP contribution in [-0.4, -0.2) is 47.7 Å². The van der Waals surface area contributed by atoms with E-state index >= 15 is 0 Å². The quantitative estimate of drug-likeness (QED) is 0.437. The smallest absolute Gasteiger partial charge is 0.261 e. The van der Waals surface area contributed by atoms with Crippen molar-refractivity contribution in [3.05, 3.63) is 64.7 Å². The Bertz CT molecular complexity index is 1250. The Hall–Kier alpha value is -3.88. The number of amides is 2. The largest absolute Gasteiger partial charge is 0.493 e. The van der Waals surface area contributed by atoms with E-state index in [0.29, 0.717) is 41.8 Å². The zero-order chi connectivity index (χ0) is 24.8. The molecule has 9 heteroatoms. The lowest BCUT2D eigenvalue weighted by Crippen LogP contribution is -2.48. The minimum atomic E-state index is -0.641. The molecule has 4 rings (SSSR count). The van der Waals surface area contributed by atoms with Gasteiger partial charge in [0.05, 0.1) is 31.4 Å². The van der Waals surface area contributed by atoms with Gasteiger partial charge in [0.2, 0.25) is 11.8 Å². The number of methoxy groups -OCH3 is 2. The fourth-order valence-corrected chi connectivity index (χ4v) is 3.91. The highest BCUT2D eigenvalue weighted by atomic mass is 16.5. The van der Waals surface area contributed by atoms with Crippen molar-refractivity contribution in [3.63, 3.8) is 0 Å². The molecule has 35 heavy (non-hydrogen) atoms. The number of rotatable bonds is 11. The number of aryl methyl sites for hydroxylation is 1. The monoisotopic (exact) mass is 478 g/mol. The second-order valence-electron chi connectivity index (χ2n) is 8.66. The molecule has 2 aromatic carbocycles. The predicted octanol–water partition coefficient (Wildman–Crippen LogP) is 2.20. The molecule has 0 spiro atoms. The van der Waals surface area contributed by atoms with E-state index in [2.05, 4.69) is 15.6 Å². The van der Waals surface area contributed by atoms with Crippen molar-refractivity contribution in [2.45, 2.75) is 50.7 Å². The third kappa shape index (κ3) is 6.17. The van der Waals surface area contributed by atoms with Gasteiger partial charge in [0.1, 0.15) is 6.04 Å². The highest BCUT2D eigenvalue weighted by molar-refractivity contribution is 5.88. The lowest BCUT2D eigenvalue weighted by atomic mass is 10.0. The number of fused-ring (bicyclic) bond motifs is 1. The molecule has 1 aliphatic carbocycles. The standard InChI is InChI=1S/C26H30N4O5/c1-34-22-14-19-20(15-23(22)35-2)27-16-30(26(19)33)12-6-9-24(31)29-21(25(32)28-18-10-11-18)13-17-7-4-3-5-8-17/h3-5,7-8,14-16,18,21H,6,9-13H2,1-2H3,(H,28,32)(H,29,31). The van der Waals surface area contributed by atoms with Gasteiger partial charge in [0, 0.05) is 31.5 Å². The highest BCUT2D eigenvalue weighted by Gasteiger charge is 2.28. The molecule has 1 aromatic heterocycles. The second kappa shape index (κ2) is 11.0. The topological polar surface area (TPSA) is 112 Å². The SMILES string of the molecule is COc1cc2ncn(CCCC(=O)NC(Cc3ccccc3)C(=O)NC3CC3)c(=O)c2cc1OC. The Kier molecular flexibility index (Phi) is 7.64. The van der Waals surface area contributed by atoms with E-state index < -0.39 is 6.04 Å². The minimum Gasteiger partial charge on any atom is -0.493 e. The summed E-state index contributed by atoms with van der Waals surface area (Å²) < 4.78 is 12.0. The van der Waals surface area contributed by atoms with Crippen LogP contribution in [0.4, 0.5) is 0 Å². The first-order valence-electron chi connectivity index (χ1n) is 11.7. The van der Waals surface area contributed by atoms with Gasteiger partial charge in [-0.15, -0.1) is 0 Å². The lowest BCUT2D eigenvalue weighted by molar-refractivity contribution is -0.129. The number of nitrogens with one attached hydrogen (secondary N) is 2. The zero-order valence-electron chi connectivity index (χ0n) is 20.0. The van der Waals surface area contributed by atoms with Crippen molar-refractivity contribution in [1.29, 1.82) is 0 Å². The van der Waals surface area contributed by atoms with E-state index in [9.17, 15) is 14.4 Å². The van der Waals surface area contributed by atoms with Gasteiger partial charge in [0.25, 0.3) is 5.56 Å². The number of hydrogen-bond acceptors (Lipinski definition) is 6. The van der Waals surface area contributed by atoms with Crippen LogP contribution in [-0.2, 0) is 22.6 Å². The maximum atomic E-state index is 12.9. The molecular formula is C26H30N4O5. The number of carbonyl (C=O) groups is 2. The van der Waals surface area contributed by atoms with Gasteiger partial charge in [-0.05, 0) is 30.9 Å². The van der Waals surface area contributed by atoms with Crippen LogP contribution < -0.4 is 25.7 Å². The fourth-order valence-electron chi connectivity index (χ4n) is 3.91. The van der Waals surface area contributed by atoms with Crippen molar-refractivity contribution >= 4 is 22.7 Å². The predicted molar refractivity (Wildman–Crippen MR) is 132 cm³/mol. The van der Waals surface area contributed by atoms with Gasteiger partial charge in [-0.2, -0.15) is 0 Å². The molecule has 1 saturated carbocycles. The Morgan fingerprint density at radius 3 is 2.51 bits per heavy atom. The summed E-state index contributed by atoms with van der Waals surface area (Å²) in [5.74, 6) is 0.552. The average Bonchev–Trinajstić information content (AvgIpc) is 3.69. The van der Waals surface area contributed by atoms with E-state index in [1.165, 1.54) is 25.1 Å². The van der Waals surface area contributed by atoms with E-state index in [1.54, 1.807) is 12.1 Å². The first kappa shape index (κ1) is 24.3. The first-order chi connectivity index (χ1) is 17.0. The molecular weight excluding hydrogens is 448 g/mol. The molecule has 0 bridgehead atoms. The summed E-state index contributed by atoms with van der Waals surface area (Å²) in [5, 5.41) is 6.26. The van der Waals surface area contributed by atoms with Crippen LogP contribution >= 0.6 is 0 Å². The molecule has 1 unspecified atom stereocenters. The molecule has 9 nitrogen and oxygen atoms in total. The molecule has 0 radical (unpaired) electrons. The fraction of sp³-hybridized carbons (Fsp3) is 0.385. The van der Waals surface area contributed by atoms with Crippen LogP contribution in [0.3, 0.4) is 0 Å². The summed E-state index contributed by atoms with van der Waals surface area (Å²) in [5.41, 5.74) is 1.26. The molecule has 2 N–H and O–H groups in total. The van der Waals surface area contributed by atoms with Crippen LogP contribution in [0.25, 0.3) is 10.9 Å². The second-order valence-corrected chi connectivity index (χ2v) is 8.66. The van der Waals surface area contributed by atoms with Gasteiger partial charge in [-0.1, -0.05) is 30.3 Å². The van der Waals surface area contributed by atoms with Crippen molar-refractivity contribution in [1.82, 2.24) is 20.2 Å². The molecule has 2 amide bonds. The Morgan fingerprint density at radius 2 is 1.83 bits per heavy atom. The van der Waals surface area contributed by atoms with Gasteiger partial charge >= 0.3 is 0 Å². The molecule has 0 saturated heterocycles. The summed E-state index contributed by atoms with van der Waals surface area (Å²) in [4.78, 5) is 42.6. The van der Waals surface area contributed by atoms with E-state index in [-0.39, 0.29) is 29.8 Å². The molecule has 1 aliphatic rings. The zero-order valence-corrected chi connectivity index (χ0v) is 20.0. The third-order valence-corrected chi connectivity index (χ3v) is 5.99. The molecule has 1 atom stereocenters. The van der Waals surface area contributed by atoms with Crippen molar-refractivity contribution < 1.29 is 19.1 Å². The summed E-state index contributed by atoms with van der Waals surface area (Å²) in [6.45, 7) is 0.321. The summed E-state index contributed by atoms with van der Waals surface area (Å²) in [6.07, 6.45) is 4.45. The Balaban J connectivity index is 1.38. The van der Waals surface area contributed by atoms with Crippen LogP contribution in [0.15, 0.2) is 53.6 Å². The van der Waals surface area contributed by atoms with Crippen LogP contribution in [0.1, 0.15) is 31.2 Å². The van der Waals surface area contributed by atoms with Crippen LogP contribution in [0.2, 0.25) is 0 Å². The van der Waals surface area contributed by atoms with Gasteiger partial charge < -0.3 is 20.1 Å². The van der Waals surface area contributed by atoms with E-state index in [0.717, 1.165) is 18.4 Å². The van der Waals surface area contributed by atoms with E-state index in [4.69, 9.17) is 9.47 Å². The molecule has 1 heterocycles. The van der Waals surface area contributed by atoms with E-state index in [1.807, 2.05) is 30.3 Å². The van der Waals surface area contributed by atoms with Crippen LogP contribution in [0.5, 0.6) is 11.5 Å². The van der Waals surface area contributed by atoms with Crippen molar-refractivity contribution in [2.24, 2.45) is 0 Å². The number of carbonyl (C=O) groups excluding carboxylic acids is 2. The number of benzene rings is 2. The summed E-state index contributed by atoms with van der Waals surface area (Å²) in [6, 6.07) is 12.5. The number of ether oxygens (including phenoxy) is 2. The lowest BCUT2D eigenvalue weighted by Gasteiger charge is -2.19. The normalized spacial score (nSPS) is 13.8. The average molecular weight is 479 g/mol. The van der Waals surface area contributed by atoms with Gasteiger partial charge in [-0.25, -0.2) is 4.98 Å². The number of nitrogens with zero attached hydrogens (tertiary/aromatic N) is 2. The first-order valence-corrected chi connectivity index (χ1v) is 11.7. The Labute approximate surface area is 203 Å². The maximum absolute atomic E-state index is 12.9. The highest BCUT2D eigenvalue weighted by Crippen LogP contribution is 2.29. The minimum absolute atomic E-state index is 0.163.